The number of aromatic carboxylic acids is 1. The number of amides is 1. The molecule has 3 N–H and O–H groups in total. The molecule has 0 fully saturated rings. The van der Waals surface area contributed by atoms with Gasteiger partial charge in [-0.25, -0.2) is 9.78 Å². The second-order valence-corrected chi connectivity index (χ2v) is 4.37. The molecule has 0 aliphatic heterocycles. The number of hydrogen-bond donors (Lipinski definition) is 3. The summed E-state index contributed by atoms with van der Waals surface area (Å²) < 4.78 is 5.41. The van der Waals surface area contributed by atoms with Crippen LogP contribution in [0.25, 0.3) is 0 Å². The van der Waals surface area contributed by atoms with Crippen molar-refractivity contribution in [3.05, 3.63) is 52.2 Å². The van der Waals surface area contributed by atoms with E-state index in [2.05, 4.69) is 15.3 Å². The molecule has 0 radical (unpaired) electrons. The molecule has 0 unspecified atom stereocenters. The summed E-state index contributed by atoms with van der Waals surface area (Å²) in [4.78, 5) is 39.2. The molecule has 8 heteroatoms. The van der Waals surface area contributed by atoms with Gasteiger partial charge in [0.25, 0.3) is 5.56 Å². The van der Waals surface area contributed by atoms with Gasteiger partial charge in [0.1, 0.15) is 23.7 Å². The van der Waals surface area contributed by atoms with E-state index in [-0.39, 0.29) is 18.3 Å². The van der Waals surface area contributed by atoms with E-state index in [9.17, 15) is 14.4 Å². The van der Waals surface area contributed by atoms with Crippen molar-refractivity contribution < 1.29 is 19.4 Å². The summed E-state index contributed by atoms with van der Waals surface area (Å²) in [6, 6.07) is 6.63. The van der Waals surface area contributed by atoms with Crippen LogP contribution < -0.4 is 15.6 Å². The van der Waals surface area contributed by atoms with Crippen molar-refractivity contribution in [1.29, 1.82) is 0 Å². The molecule has 0 atom stereocenters. The van der Waals surface area contributed by atoms with Crippen LogP contribution in [0.4, 0.5) is 5.69 Å². The van der Waals surface area contributed by atoms with Gasteiger partial charge in [0.2, 0.25) is 5.91 Å². The maximum absolute atomic E-state index is 11.5. The van der Waals surface area contributed by atoms with Gasteiger partial charge in [-0.15, -0.1) is 0 Å². The molecule has 0 aliphatic rings. The molecule has 1 aromatic carbocycles. The number of nitrogens with zero attached hydrogens (tertiary/aromatic N) is 1. The van der Waals surface area contributed by atoms with E-state index < -0.39 is 17.1 Å². The minimum absolute atomic E-state index is 0.0192. The second-order valence-electron chi connectivity index (χ2n) is 4.37. The molecule has 0 aliphatic carbocycles. The highest BCUT2D eigenvalue weighted by molar-refractivity contribution is 5.88. The van der Waals surface area contributed by atoms with Gasteiger partial charge >= 0.3 is 5.97 Å². The molecule has 22 heavy (non-hydrogen) atoms. The number of H-pyrrole nitrogens is 1. The highest BCUT2D eigenvalue weighted by Gasteiger charge is 2.09. The first kappa shape index (κ1) is 15.2. The Labute approximate surface area is 124 Å². The van der Waals surface area contributed by atoms with Crippen molar-refractivity contribution in [3.63, 3.8) is 0 Å². The predicted octanol–water partition coefficient (Wildman–Crippen LogP) is 1.01. The van der Waals surface area contributed by atoms with Gasteiger partial charge in [0.05, 0.1) is 0 Å². The van der Waals surface area contributed by atoms with Crippen LogP contribution in [0.2, 0.25) is 0 Å². The van der Waals surface area contributed by atoms with Crippen LogP contribution in [-0.4, -0.2) is 27.0 Å². The van der Waals surface area contributed by atoms with E-state index in [1.165, 1.54) is 6.92 Å². The lowest BCUT2D eigenvalue weighted by Gasteiger charge is -2.07. The number of ether oxygens (including phenoxy) is 1. The van der Waals surface area contributed by atoms with Gasteiger partial charge < -0.3 is 20.1 Å². The fourth-order valence-electron chi connectivity index (χ4n) is 1.65. The van der Waals surface area contributed by atoms with E-state index in [4.69, 9.17) is 9.84 Å². The normalized spacial score (nSPS) is 10.0. The lowest BCUT2D eigenvalue weighted by molar-refractivity contribution is -0.114. The molecule has 114 valence electrons. The molecule has 1 amide bonds. The minimum atomic E-state index is -1.34. The number of rotatable bonds is 5. The van der Waals surface area contributed by atoms with E-state index in [1.807, 2.05) is 0 Å². The zero-order valence-corrected chi connectivity index (χ0v) is 11.6. The van der Waals surface area contributed by atoms with E-state index in [0.29, 0.717) is 11.4 Å². The number of benzene rings is 1. The summed E-state index contributed by atoms with van der Waals surface area (Å²) >= 11 is 0. The average Bonchev–Trinajstić information content (AvgIpc) is 2.45. The van der Waals surface area contributed by atoms with Gasteiger partial charge in [-0.1, -0.05) is 0 Å². The number of nitrogens with one attached hydrogen (secondary N) is 2. The number of aromatic amines is 1. The van der Waals surface area contributed by atoms with Crippen LogP contribution in [0.5, 0.6) is 5.75 Å². The molecule has 1 aromatic heterocycles. The summed E-state index contributed by atoms with van der Waals surface area (Å²) in [6.07, 6.45) is 0.986. The minimum Gasteiger partial charge on any atom is -0.486 e. The van der Waals surface area contributed by atoms with Crippen molar-refractivity contribution in [2.75, 3.05) is 5.32 Å². The third kappa shape index (κ3) is 3.92. The Balaban J connectivity index is 2.01. The summed E-state index contributed by atoms with van der Waals surface area (Å²) in [7, 11) is 0. The van der Waals surface area contributed by atoms with Gasteiger partial charge in [-0.3, -0.25) is 9.59 Å². The lowest BCUT2D eigenvalue weighted by atomic mass is 10.3. The number of anilines is 1. The van der Waals surface area contributed by atoms with Crippen molar-refractivity contribution in [1.82, 2.24) is 9.97 Å². The van der Waals surface area contributed by atoms with E-state index in [0.717, 1.165) is 6.20 Å². The third-order valence-corrected chi connectivity index (χ3v) is 2.63. The molecule has 0 bridgehead atoms. The van der Waals surface area contributed by atoms with E-state index in [1.54, 1.807) is 24.3 Å². The van der Waals surface area contributed by atoms with Crippen molar-refractivity contribution in [2.24, 2.45) is 0 Å². The number of carboxylic acid groups (broad SMARTS) is 1. The molecule has 8 nitrogen and oxygen atoms in total. The molecule has 2 aromatic rings. The fraction of sp³-hybridized carbons (Fsp3) is 0.143. The largest absolute Gasteiger partial charge is 0.486 e. The Morgan fingerprint density at radius 1 is 1.32 bits per heavy atom. The predicted molar refractivity (Wildman–Crippen MR) is 76.9 cm³/mol. The maximum Gasteiger partial charge on any atom is 0.342 e. The summed E-state index contributed by atoms with van der Waals surface area (Å²) in [5, 5.41) is 11.4. The Hall–Kier alpha value is -3.16. The van der Waals surface area contributed by atoms with Crippen LogP contribution in [0.3, 0.4) is 0 Å². The Morgan fingerprint density at radius 3 is 2.55 bits per heavy atom. The van der Waals surface area contributed by atoms with Crippen molar-refractivity contribution >= 4 is 17.6 Å². The quantitative estimate of drug-likeness (QED) is 0.757. The highest BCUT2D eigenvalue weighted by atomic mass is 16.5. The molecule has 0 saturated heterocycles. The van der Waals surface area contributed by atoms with Gasteiger partial charge in [0.15, 0.2) is 0 Å². The van der Waals surface area contributed by atoms with Crippen LogP contribution in [-0.2, 0) is 11.4 Å². The van der Waals surface area contributed by atoms with Crippen molar-refractivity contribution in [3.8, 4) is 5.75 Å². The summed E-state index contributed by atoms with van der Waals surface area (Å²) in [5.41, 5.74) is -0.525. The molecular weight excluding hydrogens is 290 g/mol. The van der Waals surface area contributed by atoms with Crippen molar-refractivity contribution in [2.45, 2.75) is 13.5 Å². The Morgan fingerprint density at radius 2 is 2.00 bits per heavy atom. The fourth-order valence-corrected chi connectivity index (χ4v) is 1.65. The number of hydrogen-bond acceptors (Lipinski definition) is 5. The molecule has 1 heterocycles. The van der Waals surface area contributed by atoms with Crippen LogP contribution in [0.15, 0.2) is 35.3 Å². The average molecular weight is 303 g/mol. The Bertz CT molecular complexity index is 752. The number of carbonyl (C=O) groups excluding carboxylic acids is 1. The number of carboxylic acids is 1. The molecule has 0 saturated carbocycles. The lowest BCUT2D eigenvalue weighted by Crippen LogP contribution is -2.20. The monoisotopic (exact) mass is 303 g/mol. The standard InChI is InChI=1S/C14H13N3O5/c1-8(18)16-9-2-4-10(5-3-9)22-7-12-15-6-11(14(20)21)13(19)17-12/h2-6H,7H2,1H3,(H,16,18)(H,20,21)(H,15,17,19). The zero-order chi connectivity index (χ0) is 16.1. The maximum atomic E-state index is 11.5. The summed E-state index contributed by atoms with van der Waals surface area (Å²) in [5.74, 6) is -0.788. The first-order valence-corrected chi connectivity index (χ1v) is 6.27. The first-order valence-electron chi connectivity index (χ1n) is 6.27. The van der Waals surface area contributed by atoms with Gasteiger partial charge in [-0.05, 0) is 24.3 Å². The van der Waals surface area contributed by atoms with Crippen LogP contribution in [0, 0.1) is 0 Å². The Kier molecular flexibility index (Phi) is 4.52. The molecular formula is C14H13N3O5. The SMILES string of the molecule is CC(=O)Nc1ccc(OCc2ncc(C(=O)O)c(=O)[nH]2)cc1. The topological polar surface area (TPSA) is 121 Å². The number of carbonyl (C=O) groups is 2. The van der Waals surface area contributed by atoms with Crippen LogP contribution >= 0.6 is 0 Å². The third-order valence-electron chi connectivity index (χ3n) is 2.63. The van der Waals surface area contributed by atoms with Crippen LogP contribution in [0.1, 0.15) is 23.1 Å². The first-order chi connectivity index (χ1) is 10.5. The molecule has 0 spiro atoms. The van der Waals surface area contributed by atoms with E-state index >= 15 is 0 Å². The number of aromatic nitrogens is 2. The van der Waals surface area contributed by atoms with Gasteiger partial charge in [-0.2, -0.15) is 0 Å². The molecule has 2 rings (SSSR count). The van der Waals surface area contributed by atoms with Gasteiger partial charge in [0, 0.05) is 18.8 Å². The summed E-state index contributed by atoms with van der Waals surface area (Å²) in [6.45, 7) is 1.39. The smallest absolute Gasteiger partial charge is 0.342 e. The highest BCUT2D eigenvalue weighted by Crippen LogP contribution is 2.16. The zero-order valence-electron chi connectivity index (χ0n) is 11.6. The second kappa shape index (κ2) is 6.53.